The van der Waals surface area contributed by atoms with Crippen LogP contribution < -0.4 is 4.90 Å². The second kappa shape index (κ2) is 6.88. The molecule has 20 heavy (non-hydrogen) atoms. The number of rotatable bonds is 4. The molecule has 0 saturated carbocycles. The number of hydrogen-bond donors (Lipinski definition) is 0. The van der Waals surface area contributed by atoms with E-state index in [2.05, 4.69) is 33.8 Å². The predicted molar refractivity (Wildman–Crippen MR) is 77.0 cm³/mol. The molecule has 0 spiro atoms. The van der Waals surface area contributed by atoms with Crippen LogP contribution in [0.1, 0.15) is 25.3 Å². The normalized spacial score (nSPS) is 17.2. The van der Waals surface area contributed by atoms with Crippen LogP contribution in [0.4, 0.5) is 5.82 Å². The summed E-state index contributed by atoms with van der Waals surface area (Å²) in [6.45, 7) is 5.64. The number of pyridine rings is 1. The van der Waals surface area contributed by atoms with E-state index in [1.165, 1.54) is 0 Å². The van der Waals surface area contributed by atoms with E-state index in [0.717, 1.165) is 44.8 Å². The Labute approximate surface area is 120 Å². The molecule has 1 atom stereocenters. The smallest absolute Gasteiger partial charge is 0.128 e. The lowest BCUT2D eigenvalue weighted by molar-refractivity contribution is 0.211. The van der Waals surface area contributed by atoms with Crippen LogP contribution in [-0.2, 0) is 0 Å². The van der Waals surface area contributed by atoms with E-state index in [1.807, 2.05) is 6.07 Å². The highest BCUT2D eigenvalue weighted by molar-refractivity contribution is 5.42. The predicted octanol–water partition coefficient (Wildman–Crippen LogP) is 1.77. The highest BCUT2D eigenvalue weighted by Gasteiger charge is 2.23. The summed E-state index contributed by atoms with van der Waals surface area (Å²) in [6, 6.07) is 8.20. The molecule has 2 heterocycles. The minimum atomic E-state index is 0.0380. The molecule has 1 aliphatic heterocycles. The minimum Gasteiger partial charge on any atom is -0.354 e. The Hall–Kier alpha value is -2.11. The molecule has 1 saturated heterocycles. The quantitative estimate of drug-likeness (QED) is 0.833. The highest BCUT2D eigenvalue weighted by atomic mass is 15.3. The summed E-state index contributed by atoms with van der Waals surface area (Å²) in [4.78, 5) is 8.78. The van der Waals surface area contributed by atoms with E-state index < -0.39 is 0 Å². The van der Waals surface area contributed by atoms with Gasteiger partial charge in [0.2, 0.25) is 0 Å². The topological polar surface area (TPSA) is 67.0 Å². The van der Waals surface area contributed by atoms with Crippen molar-refractivity contribution in [3.63, 3.8) is 0 Å². The summed E-state index contributed by atoms with van der Waals surface area (Å²) in [7, 11) is 0. The van der Waals surface area contributed by atoms with Crippen molar-refractivity contribution < 1.29 is 0 Å². The summed E-state index contributed by atoms with van der Waals surface area (Å²) in [5.74, 6) is 0.910. The number of aromatic nitrogens is 1. The zero-order chi connectivity index (χ0) is 14.4. The first-order valence-electron chi connectivity index (χ1n) is 7.03. The third-order valence-corrected chi connectivity index (χ3v) is 3.67. The van der Waals surface area contributed by atoms with E-state index in [9.17, 15) is 5.26 Å². The molecule has 0 amide bonds. The molecule has 0 aromatic carbocycles. The Morgan fingerprint density at radius 3 is 2.50 bits per heavy atom. The van der Waals surface area contributed by atoms with Crippen LogP contribution in [0.2, 0.25) is 0 Å². The fraction of sp³-hybridized carbons (Fsp3) is 0.533. The van der Waals surface area contributed by atoms with Crippen molar-refractivity contribution in [2.24, 2.45) is 0 Å². The van der Waals surface area contributed by atoms with Gasteiger partial charge in [-0.15, -0.1) is 0 Å². The van der Waals surface area contributed by atoms with Gasteiger partial charge in [-0.05, 0) is 18.6 Å². The second-order valence-corrected chi connectivity index (χ2v) is 4.97. The minimum absolute atomic E-state index is 0.0380. The summed E-state index contributed by atoms with van der Waals surface area (Å²) in [5, 5.41) is 18.0. The van der Waals surface area contributed by atoms with Gasteiger partial charge >= 0.3 is 0 Å². The van der Waals surface area contributed by atoms with Gasteiger partial charge in [-0.1, -0.05) is 13.3 Å². The number of nitrogens with zero attached hydrogens (tertiary/aromatic N) is 5. The average molecular weight is 269 g/mol. The van der Waals surface area contributed by atoms with Gasteiger partial charge in [0.05, 0.1) is 17.7 Å². The molecule has 1 aromatic heterocycles. The van der Waals surface area contributed by atoms with Crippen molar-refractivity contribution in [1.29, 1.82) is 10.5 Å². The fourth-order valence-corrected chi connectivity index (χ4v) is 2.50. The standard InChI is InChI=1S/C15H19N5/c1-2-3-14(11-17)19-6-8-20(9-7-19)15-5-4-13(10-16)12-18-15/h4-5,12,14H,2-3,6-9H2,1H3. The van der Waals surface area contributed by atoms with Crippen molar-refractivity contribution in [3.05, 3.63) is 23.9 Å². The summed E-state index contributed by atoms with van der Waals surface area (Å²) in [6.07, 6.45) is 3.58. The van der Waals surface area contributed by atoms with E-state index in [0.29, 0.717) is 5.56 Å². The van der Waals surface area contributed by atoms with Crippen LogP contribution in [0.15, 0.2) is 18.3 Å². The largest absolute Gasteiger partial charge is 0.354 e. The summed E-state index contributed by atoms with van der Waals surface area (Å²) >= 11 is 0. The monoisotopic (exact) mass is 269 g/mol. The molecular formula is C15H19N5. The number of anilines is 1. The molecule has 1 unspecified atom stereocenters. The van der Waals surface area contributed by atoms with Gasteiger partial charge in [-0.25, -0.2) is 4.98 Å². The van der Waals surface area contributed by atoms with Crippen LogP contribution in [-0.4, -0.2) is 42.1 Å². The number of hydrogen-bond acceptors (Lipinski definition) is 5. The molecule has 2 rings (SSSR count). The van der Waals surface area contributed by atoms with E-state index >= 15 is 0 Å². The van der Waals surface area contributed by atoms with Gasteiger partial charge in [-0.2, -0.15) is 10.5 Å². The molecular weight excluding hydrogens is 250 g/mol. The van der Waals surface area contributed by atoms with Crippen molar-refractivity contribution in [3.8, 4) is 12.1 Å². The van der Waals surface area contributed by atoms with Crippen molar-refractivity contribution in [2.45, 2.75) is 25.8 Å². The van der Waals surface area contributed by atoms with Gasteiger partial charge in [0.15, 0.2) is 0 Å². The lowest BCUT2D eigenvalue weighted by Gasteiger charge is -2.37. The van der Waals surface area contributed by atoms with Crippen molar-refractivity contribution >= 4 is 5.82 Å². The van der Waals surface area contributed by atoms with Gasteiger partial charge in [0.1, 0.15) is 11.9 Å². The Balaban J connectivity index is 1.93. The molecule has 104 valence electrons. The molecule has 1 aromatic rings. The summed E-state index contributed by atoms with van der Waals surface area (Å²) < 4.78 is 0. The maximum Gasteiger partial charge on any atom is 0.128 e. The second-order valence-electron chi connectivity index (χ2n) is 4.97. The van der Waals surface area contributed by atoms with Gasteiger partial charge in [0.25, 0.3) is 0 Å². The summed E-state index contributed by atoms with van der Waals surface area (Å²) in [5.41, 5.74) is 0.583. The fourth-order valence-electron chi connectivity index (χ4n) is 2.50. The van der Waals surface area contributed by atoms with Gasteiger partial charge < -0.3 is 4.90 Å². The Morgan fingerprint density at radius 1 is 1.25 bits per heavy atom. The van der Waals surface area contributed by atoms with E-state index in [4.69, 9.17) is 5.26 Å². The molecule has 5 heteroatoms. The molecule has 0 bridgehead atoms. The third-order valence-electron chi connectivity index (χ3n) is 3.67. The maximum atomic E-state index is 9.20. The zero-order valence-corrected chi connectivity index (χ0v) is 11.8. The molecule has 5 nitrogen and oxygen atoms in total. The van der Waals surface area contributed by atoms with Crippen LogP contribution in [0, 0.1) is 22.7 Å². The van der Waals surface area contributed by atoms with Gasteiger partial charge in [0, 0.05) is 32.4 Å². The Morgan fingerprint density at radius 2 is 2.00 bits per heavy atom. The Bertz CT molecular complexity index is 503. The molecule has 0 radical (unpaired) electrons. The number of nitriles is 2. The van der Waals surface area contributed by atoms with Crippen LogP contribution in [0.5, 0.6) is 0 Å². The van der Waals surface area contributed by atoms with Crippen molar-refractivity contribution in [1.82, 2.24) is 9.88 Å². The molecule has 0 aliphatic carbocycles. The van der Waals surface area contributed by atoms with Crippen LogP contribution in [0.25, 0.3) is 0 Å². The Kier molecular flexibility index (Phi) is 4.92. The molecule has 1 aliphatic rings. The third kappa shape index (κ3) is 3.26. The average Bonchev–Trinajstić information content (AvgIpc) is 2.53. The van der Waals surface area contributed by atoms with Crippen molar-refractivity contribution in [2.75, 3.05) is 31.1 Å². The van der Waals surface area contributed by atoms with Crippen LogP contribution >= 0.6 is 0 Å². The lowest BCUT2D eigenvalue weighted by Crippen LogP contribution is -2.50. The lowest BCUT2D eigenvalue weighted by atomic mass is 10.1. The van der Waals surface area contributed by atoms with E-state index in [-0.39, 0.29) is 6.04 Å². The molecule has 1 fully saturated rings. The van der Waals surface area contributed by atoms with Gasteiger partial charge in [-0.3, -0.25) is 4.90 Å². The highest BCUT2D eigenvalue weighted by Crippen LogP contribution is 2.16. The molecule has 0 N–H and O–H groups in total. The SMILES string of the molecule is CCCC(C#N)N1CCN(c2ccc(C#N)cn2)CC1. The number of piperazine rings is 1. The first-order valence-corrected chi connectivity index (χ1v) is 7.03. The first-order chi connectivity index (χ1) is 9.78. The zero-order valence-electron chi connectivity index (χ0n) is 11.8. The first kappa shape index (κ1) is 14.3. The maximum absolute atomic E-state index is 9.20. The van der Waals surface area contributed by atoms with E-state index in [1.54, 1.807) is 12.3 Å². The van der Waals surface area contributed by atoms with Crippen LogP contribution in [0.3, 0.4) is 0 Å².